The van der Waals surface area contributed by atoms with Gasteiger partial charge in [0.05, 0.1) is 28.2 Å². The van der Waals surface area contributed by atoms with Gasteiger partial charge in [0.1, 0.15) is 0 Å². The molecule has 0 aromatic heterocycles. The molecule has 0 saturated carbocycles. The summed E-state index contributed by atoms with van der Waals surface area (Å²) >= 11 is 5.72. The Hall–Kier alpha value is -0.370. The maximum absolute atomic E-state index is 8.63. The van der Waals surface area contributed by atoms with Crippen molar-refractivity contribution in [1.82, 2.24) is 4.90 Å². The van der Waals surface area contributed by atoms with Crippen molar-refractivity contribution in [3.05, 3.63) is 0 Å². The van der Waals surface area contributed by atoms with Crippen molar-refractivity contribution in [2.45, 2.75) is 0 Å². The summed E-state index contributed by atoms with van der Waals surface area (Å²) in [5, 5.41) is 0.741. The molecule has 0 radical (unpaired) electrons. The van der Waals surface area contributed by atoms with Gasteiger partial charge in [-0.2, -0.15) is 0 Å². The lowest BCUT2D eigenvalue weighted by Gasteiger charge is -2.02. The maximum Gasteiger partial charge on any atom is 0.344 e. The van der Waals surface area contributed by atoms with Crippen LogP contribution in [0.2, 0.25) is 0 Å². The zero-order valence-electron chi connectivity index (χ0n) is 7.85. The van der Waals surface area contributed by atoms with Crippen molar-refractivity contribution in [3.8, 4) is 0 Å². The van der Waals surface area contributed by atoms with Crippen LogP contribution >= 0.6 is 11.6 Å². The van der Waals surface area contributed by atoms with Crippen molar-refractivity contribution in [2.75, 3.05) is 28.2 Å². The Morgan fingerprint density at radius 1 is 1.46 bits per heavy atom. The van der Waals surface area contributed by atoms with E-state index in [1.165, 1.54) is 0 Å². The van der Waals surface area contributed by atoms with Gasteiger partial charge >= 0.3 is 5.29 Å². The van der Waals surface area contributed by atoms with E-state index in [2.05, 4.69) is 0 Å². The van der Waals surface area contributed by atoms with E-state index in [9.17, 15) is 0 Å². The molecule has 80 valence electrons. The molecule has 0 aliphatic carbocycles. The summed E-state index contributed by atoms with van der Waals surface area (Å²) in [5.74, 6) is 0. The third-order valence-electron chi connectivity index (χ3n) is 0.738. The molecular formula is C5H13ClN2O4S. The van der Waals surface area contributed by atoms with E-state index < -0.39 is 10.4 Å². The van der Waals surface area contributed by atoms with Crippen molar-refractivity contribution >= 4 is 27.3 Å². The molecule has 0 spiro atoms. The molecule has 0 aliphatic rings. The molecule has 0 fully saturated rings. The first-order valence-electron chi connectivity index (χ1n) is 3.11. The van der Waals surface area contributed by atoms with E-state index in [-0.39, 0.29) is 0 Å². The highest BCUT2D eigenvalue weighted by atomic mass is 35.5. The molecule has 0 aromatic carbocycles. The van der Waals surface area contributed by atoms with Gasteiger partial charge in [0.2, 0.25) is 10.4 Å². The summed E-state index contributed by atoms with van der Waals surface area (Å²) in [6.07, 6.45) is 0. The highest BCUT2D eigenvalue weighted by Crippen LogP contribution is 1.85. The SMILES string of the molecule is CN(C)C(Cl)=[N+](C)C.O=S(=O)([O-])O. The van der Waals surface area contributed by atoms with E-state index in [1.807, 2.05) is 37.7 Å². The minimum Gasteiger partial charge on any atom is -0.726 e. The Bertz CT molecular complexity index is 260. The maximum atomic E-state index is 8.63. The molecule has 8 heteroatoms. The Kier molecular flexibility index (Phi) is 7.14. The molecule has 0 bridgehead atoms. The quantitative estimate of drug-likeness (QED) is 0.151. The number of hydrogen-bond donors (Lipinski definition) is 1. The first kappa shape index (κ1) is 15.1. The Balaban J connectivity index is 0. The lowest BCUT2D eigenvalue weighted by atomic mass is 10.9. The second-order valence-corrected chi connectivity index (χ2v) is 3.68. The van der Waals surface area contributed by atoms with E-state index in [0.717, 1.165) is 5.29 Å². The fourth-order valence-electron chi connectivity index (χ4n) is 0.400. The minimum atomic E-state index is -4.92. The van der Waals surface area contributed by atoms with Gasteiger partial charge in [-0.15, -0.1) is 0 Å². The van der Waals surface area contributed by atoms with Crippen molar-refractivity contribution in [1.29, 1.82) is 0 Å². The van der Waals surface area contributed by atoms with Crippen molar-refractivity contribution < 1.29 is 22.1 Å². The molecule has 1 N–H and O–H groups in total. The van der Waals surface area contributed by atoms with Gasteiger partial charge in [-0.3, -0.25) is 14.0 Å². The zero-order valence-corrected chi connectivity index (χ0v) is 9.43. The summed E-state index contributed by atoms with van der Waals surface area (Å²) in [5.41, 5.74) is 0. The Morgan fingerprint density at radius 3 is 1.69 bits per heavy atom. The van der Waals surface area contributed by atoms with Crippen molar-refractivity contribution in [3.63, 3.8) is 0 Å². The fourth-order valence-corrected chi connectivity index (χ4v) is 0.400. The van der Waals surface area contributed by atoms with E-state index in [0.29, 0.717) is 0 Å². The molecule has 0 amide bonds. The van der Waals surface area contributed by atoms with Gasteiger partial charge < -0.3 is 4.55 Å². The predicted octanol–water partition coefficient (Wildman–Crippen LogP) is -0.580. The third-order valence-corrected chi connectivity index (χ3v) is 1.41. The topological polar surface area (TPSA) is 83.7 Å². The van der Waals surface area contributed by atoms with Crippen LogP contribution in [-0.2, 0) is 10.4 Å². The van der Waals surface area contributed by atoms with Crippen LogP contribution in [0.1, 0.15) is 0 Å². The Morgan fingerprint density at radius 2 is 1.69 bits per heavy atom. The van der Waals surface area contributed by atoms with Crippen LogP contribution in [0.15, 0.2) is 0 Å². The van der Waals surface area contributed by atoms with E-state index in [4.69, 9.17) is 29.1 Å². The molecule has 0 aliphatic heterocycles. The van der Waals surface area contributed by atoms with Gasteiger partial charge in [-0.25, -0.2) is 8.42 Å². The first-order chi connectivity index (χ1) is 5.55. The van der Waals surface area contributed by atoms with Crippen LogP contribution in [0.25, 0.3) is 0 Å². The van der Waals surface area contributed by atoms with E-state index in [1.54, 1.807) is 0 Å². The van der Waals surface area contributed by atoms with Crippen molar-refractivity contribution in [2.24, 2.45) is 0 Å². The molecule has 0 rings (SSSR count). The zero-order chi connectivity index (χ0) is 11.2. The number of hydrogen-bond acceptors (Lipinski definition) is 3. The molecule has 0 unspecified atom stereocenters. The summed E-state index contributed by atoms with van der Waals surface area (Å²) in [6, 6.07) is 0. The van der Waals surface area contributed by atoms with Gasteiger partial charge in [0.15, 0.2) is 0 Å². The lowest BCUT2D eigenvalue weighted by Crippen LogP contribution is -2.24. The lowest BCUT2D eigenvalue weighted by molar-refractivity contribution is -0.466. The monoisotopic (exact) mass is 232 g/mol. The second-order valence-electron chi connectivity index (χ2n) is 2.49. The summed E-state index contributed by atoms with van der Waals surface area (Å²) in [4.78, 5) is 1.85. The molecule has 6 nitrogen and oxygen atoms in total. The van der Waals surface area contributed by atoms with Crippen LogP contribution in [0.3, 0.4) is 0 Å². The van der Waals surface area contributed by atoms with Crippen LogP contribution in [0, 0.1) is 0 Å². The van der Waals surface area contributed by atoms with Crippen LogP contribution in [0.5, 0.6) is 0 Å². The van der Waals surface area contributed by atoms with Gasteiger partial charge in [0.25, 0.3) is 0 Å². The summed E-state index contributed by atoms with van der Waals surface area (Å²) in [7, 11) is 2.70. The van der Waals surface area contributed by atoms with Crippen LogP contribution < -0.4 is 0 Å². The largest absolute Gasteiger partial charge is 0.726 e. The molecule has 13 heavy (non-hydrogen) atoms. The number of rotatable bonds is 0. The van der Waals surface area contributed by atoms with Crippen LogP contribution in [0.4, 0.5) is 0 Å². The average Bonchev–Trinajstić information content (AvgIpc) is 1.81. The third kappa shape index (κ3) is 18.5. The molecule has 0 aromatic rings. The highest BCUT2D eigenvalue weighted by Gasteiger charge is 2.03. The standard InChI is InChI=1S/C5H12ClN2.H2O4S/c1-7(2)5(6)8(3)4;1-5(2,3)4/h1-4H3;(H2,1,2,3,4)/q+1;/p-1. The van der Waals surface area contributed by atoms with E-state index >= 15 is 0 Å². The van der Waals surface area contributed by atoms with Gasteiger partial charge in [-0.05, 0) is 0 Å². The molecule has 0 atom stereocenters. The number of nitrogens with zero attached hydrogens (tertiary/aromatic N) is 2. The summed E-state index contributed by atoms with van der Waals surface area (Å²) < 4.78 is 34.7. The number of halogens is 1. The normalized spacial score (nSPS) is 9.77. The highest BCUT2D eigenvalue weighted by molar-refractivity contribution is 7.79. The van der Waals surface area contributed by atoms with Crippen LogP contribution in [-0.4, -0.2) is 60.5 Å². The molecule has 0 heterocycles. The fraction of sp³-hybridized carbons (Fsp3) is 0.800. The second kappa shape index (κ2) is 6.14. The van der Waals surface area contributed by atoms with Gasteiger partial charge in [-0.1, -0.05) is 0 Å². The Labute approximate surface area is 83.0 Å². The smallest absolute Gasteiger partial charge is 0.344 e. The number of amidine groups is 1. The van der Waals surface area contributed by atoms with Gasteiger partial charge in [0, 0.05) is 11.6 Å². The predicted molar refractivity (Wildman–Crippen MR) is 49.0 cm³/mol. The summed E-state index contributed by atoms with van der Waals surface area (Å²) in [6.45, 7) is 0. The minimum absolute atomic E-state index is 0.741. The first-order valence-corrected chi connectivity index (χ1v) is 4.85. The molecular weight excluding hydrogens is 220 g/mol. The molecule has 0 saturated heterocycles. The average molecular weight is 233 g/mol.